The minimum Gasteiger partial charge on any atom is -0.389 e. The lowest BCUT2D eigenvalue weighted by atomic mass is 9.76. The quantitative estimate of drug-likeness (QED) is 0.686. The smallest absolute Gasteiger partial charge is 0.198 e. The Balaban J connectivity index is 1.98. The van der Waals surface area contributed by atoms with E-state index in [1.807, 2.05) is 0 Å². The third-order valence-corrected chi connectivity index (χ3v) is 12.6. The zero-order chi connectivity index (χ0) is 22.5. The lowest BCUT2D eigenvalue weighted by molar-refractivity contribution is 0.159. The van der Waals surface area contributed by atoms with Gasteiger partial charge in [-0.05, 0) is 66.9 Å². The molecule has 1 unspecified atom stereocenters. The molecule has 2 fully saturated rings. The molecule has 2 aromatic carbocycles. The molecule has 2 aromatic rings. The minimum absolute atomic E-state index is 0.0215. The number of hydrogen-bond donors (Lipinski definition) is 1. The van der Waals surface area contributed by atoms with Crippen LogP contribution in [0.4, 0.5) is 0 Å². The fourth-order valence-electron chi connectivity index (χ4n) is 5.40. The molecule has 1 spiro atoms. The largest absolute Gasteiger partial charge is 0.389 e. The summed E-state index contributed by atoms with van der Waals surface area (Å²) in [6, 6.07) is 15.5. The zero-order valence-electron chi connectivity index (χ0n) is 17.1. The Kier molecular flexibility index (Phi) is 5.27. The molecule has 164 valence electrons. The van der Waals surface area contributed by atoms with Gasteiger partial charge in [-0.15, -0.1) is 6.58 Å². The zero-order valence-corrected chi connectivity index (χ0v) is 18.8. The molecule has 2 aliphatic rings. The first-order valence-electron chi connectivity index (χ1n) is 10.2. The van der Waals surface area contributed by atoms with Crippen molar-refractivity contribution in [3.63, 3.8) is 0 Å². The van der Waals surface area contributed by atoms with Crippen LogP contribution in [0.5, 0.6) is 0 Å². The lowest BCUT2D eigenvalue weighted by Crippen LogP contribution is -2.45. The average Bonchev–Trinajstić information content (AvgIpc) is 3.25. The van der Waals surface area contributed by atoms with Crippen LogP contribution in [0.2, 0.25) is 0 Å². The van der Waals surface area contributed by atoms with Gasteiger partial charge in [-0.1, -0.05) is 49.1 Å². The normalized spacial score (nSPS) is 28.1. The summed E-state index contributed by atoms with van der Waals surface area (Å²) in [5, 5.41) is 10.4. The van der Waals surface area contributed by atoms with E-state index in [2.05, 4.69) is 13.2 Å². The van der Waals surface area contributed by atoms with E-state index in [-0.39, 0.29) is 29.1 Å². The first-order valence-corrected chi connectivity index (χ1v) is 13.1. The van der Waals surface area contributed by atoms with E-state index in [9.17, 15) is 21.9 Å². The second kappa shape index (κ2) is 7.43. The fraction of sp³-hybridized carbons (Fsp3) is 0.333. The lowest BCUT2D eigenvalue weighted by Gasteiger charge is -2.32. The van der Waals surface area contributed by atoms with Gasteiger partial charge in [0.25, 0.3) is 0 Å². The number of hydrogen-bond acceptors (Lipinski definition) is 5. The first kappa shape index (κ1) is 22.0. The Morgan fingerprint density at radius 3 is 1.74 bits per heavy atom. The van der Waals surface area contributed by atoms with Crippen molar-refractivity contribution < 1.29 is 21.9 Å². The molecule has 0 aromatic heterocycles. The number of allylic oxidation sites excluding steroid dienone is 1. The summed E-state index contributed by atoms with van der Waals surface area (Å²) in [6.45, 7) is 7.81. The maximum Gasteiger partial charge on any atom is 0.198 e. The van der Waals surface area contributed by atoms with Crippen molar-refractivity contribution in [1.82, 2.24) is 0 Å². The van der Waals surface area contributed by atoms with Crippen molar-refractivity contribution in [3.05, 3.63) is 85.5 Å². The Labute approximate surface area is 184 Å². The Hall–Kier alpha value is -2.22. The van der Waals surface area contributed by atoms with Crippen LogP contribution in [0.3, 0.4) is 0 Å². The highest BCUT2D eigenvalue weighted by Crippen LogP contribution is 2.64. The van der Waals surface area contributed by atoms with Gasteiger partial charge in [0, 0.05) is 0 Å². The highest BCUT2D eigenvalue weighted by atomic mass is 32.3. The van der Waals surface area contributed by atoms with Crippen molar-refractivity contribution in [2.24, 2.45) is 11.3 Å². The van der Waals surface area contributed by atoms with Crippen LogP contribution in [0.15, 0.2) is 95.3 Å². The molecule has 0 bridgehead atoms. The summed E-state index contributed by atoms with van der Waals surface area (Å²) >= 11 is 0. The fourth-order valence-corrected chi connectivity index (χ4v) is 10.8. The van der Waals surface area contributed by atoms with Gasteiger partial charge in [-0.3, -0.25) is 0 Å². The minimum atomic E-state index is -4.29. The highest BCUT2D eigenvalue weighted by Gasteiger charge is 2.67. The van der Waals surface area contributed by atoms with Gasteiger partial charge in [-0.2, -0.15) is 0 Å². The molecule has 0 aliphatic heterocycles. The van der Waals surface area contributed by atoms with Gasteiger partial charge in [0.05, 0.1) is 15.9 Å². The molecule has 3 atom stereocenters. The van der Waals surface area contributed by atoms with Gasteiger partial charge in [0.2, 0.25) is 0 Å². The van der Waals surface area contributed by atoms with Crippen molar-refractivity contribution in [1.29, 1.82) is 0 Å². The highest BCUT2D eigenvalue weighted by molar-refractivity contribution is 8.10. The summed E-state index contributed by atoms with van der Waals surface area (Å²) in [6.07, 6.45) is 1.30. The predicted molar refractivity (Wildman–Crippen MR) is 120 cm³/mol. The van der Waals surface area contributed by atoms with E-state index in [0.29, 0.717) is 12.0 Å². The maximum atomic E-state index is 14.0. The third-order valence-electron chi connectivity index (χ3n) is 6.96. The standard InChI is InChI=1S/C24H26O5S2/c1-3-19-15-24(17-23(19)14-18(2)22(25)16-23,30(26,27)20-10-6-4-7-11-20)31(28,29)21-12-8-5-9-13-21/h3-13,19,22,25H,1-2,14-17H2/t19-,22?,23-/m0/s1. The van der Waals surface area contributed by atoms with E-state index in [0.717, 1.165) is 0 Å². The van der Waals surface area contributed by atoms with Crippen LogP contribution in [-0.4, -0.2) is 32.1 Å². The summed E-state index contributed by atoms with van der Waals surface area (Å²) in [4.78, 5) is -0.0431. The van der Waals surface area contributed by atoms with E-state index >= 15 is 0 Å². The van der Waals surface area contributed by atoms with Gasteiger partial charge in [0.1, 0.15) is 0 Å². The van der Waals surface area contributed by atoms with Crippen LogP contribution >= 0.6 is 0 Å². The van der Waals surface area contributed by atoms with Gasteiger partial charge in [0.15, 0.2) is 23.8 Å². The number of rotatable bonds is 5. The molecule has 31 heavy (non-hydrogen) atoms. The molecule has 7 heteroatoms. The first-order chi connectivity index (χ1) is 14.6. The van der Waals surface area contributed by atoms with Crippen LogP contribution in [-0.2, 0) is 19.7 Å². The molecule has 2 saturated carbocycles. The number of aliphatic hydroxyl groups is 1. The van der Waals surface area contributed by atoms with E-state index in [4.69, 9.17) is 0 Å². The Morgan fingerprint density at radius 2 is 1.35 bits per heavy atom. The van der Waals surface area contributed by atoms with E-state index < -0.39 is 41.2 Å². The molecular formula is C24H26O5S2. The molecule has 2 aliphatic carbocycles. The molecular weight excluding hydrogens is 432 g/mol. The van der Waals surface area contributed by atoms with Crippen molar-refractivity contribution in [2.75, 3.05) is 0 Å². The molecule has 0 radical (unpaired) electrons. The topological polar surface area (TPSA) is 88.5 Å². The SMILES string of the molecule is C=C[C@H]1CC(S(=O)(=O)c2ccccc2)(S(=O)(=O)c2ccccc2)C[C@@]12CC(=C)C(O)C2. The van der Waals surface area contributed by atoms with Crippen LogP contribution in [0.1, 0.15) is 25.7 Å². The molecule has 0 amide bonds. The maximum absolute atomic E-state index is 14.0. The van der Waals surface area contributed by atoms with Crippen LogP contribution in [0.25, 0.3) is 0 Å². The van der Waals surface area contributed by atoms with Gasteiger partial charge in [-0.25, -0.2) is 16.8 Å². The monoisotopic (exact) mass is 458 g/mol. The predicted octanol–water partition coefficient (Wildman–Crippen LogP) is 3.92. The van der Waals surface area contributed by atoms with Gasteiger partial charge < -0.3 is 5.11 Å². The van der Waals surface area contributed by atoms with Crippen LogP contribution in [0, 0.1) is 11.3 Å². The average molecular weight is 459 g/mol. The summed E-state index contributed by atoms with van der Waals surface area (Å²) in [5.41, 5.74) is -0.112. The Morgan fingerprint density at radius 1 is 0.871 bits per heavy atom. The molecule has 0 saturated heterocycles. The molecule has 5 nitrogen and oxygen atoms in total. The van der Waals surface area contributed by atoms with E-state index in [1.54, 1.807) is 42.5 Å². The number of benzene rings is 2. The van der Waals surface area contributed by atoms with Crippen molar-refractivity contribution in [3.8, 4) is 0 Å². The van der Waals surface area contributed by atoms with Gasteiger partial charge >= 0.3 is 0 Å². The molecule has 1 N–H and O–H groups in total. The molecule has 0 heterocycles. The molecule has 4 rings (SSSR count). The number of aliphatic hydroxyl groups excluding tert-OH is 1. The third kappa shape index (κ3) is 3.13. The summed E-state index contributed by atoms with van der Waals surface area (Å²) < 4.78 is 54.1. The summed E-state index contributed by atoms with van der Waals surface area (Å²) in [7, 11) is -8.59. The van der Waals surface area contributed by atoms with Crippen molar-refractivity contribution >= 4 is 19.7 Å². The summed E-state index contributed by atoms with van der Waals surface area (Å²) in [5.74, 6) is -0.390. The van der Waals surface area contributed by atoms with Crippen LogP contribution < -0.4 is 0 Å². The second-order valence-electron chi connectivity index (χ2n) is 8.68. The van der Waals surface area contributed by atoms with E-state index in [1.165, 1.54) is 24.3 Å². The Bertz CT molecular complexity index is 1150. The van der Waals surface area contributed by atoms with Crippen molar-refractivity contribution in [2.45, 2.75) is 45.7 Å². The second-order valence-corrected chi connectivity index (χ2v) is 13.5. The number of sulfone groups is 2.